The van der Waals surface area contributed by atoms with E-state index in [9.17, 15) is 9.59 Å². The SMILES string of the molecule is Cc1nn(-c2ccccc2)c2c1N(CCCC(=O)N[C@H](C)c1ccccc1)C(=O)CS2. The quantitative estimate of drug-likeness (QED) is 0.603. The molecule has 160 valence electrons. The first-order chi connectivity index (χ1) is 15.0. The maximum Gasteiger partial charge on any atom is 0.237 e. The first kappa shape index (κ1) is 21.2. The molecule has 2 amide bonds. The Labute approximate surface area is 186 Å². The number of hydrogen-bond acceptors (Lipinski definition) is 4. The van der Waals surface area contributed by atoms with Crippen LogP contribution in [0.5, 0.6) is 0 Å². The van der Waals surface area contributed by atoms with Gasteiger partial charge in [-0.1, -0.05) is 60.3 Å². The van der Waals surface area contributed by atoms with Crippen LogP contribution >= 0.6 is 11.8 Å². The Kier molecular flexibility index (Phi) is 6.42. The van der Waals surface area contributed by atoms with Crippen molar-refractivity contribution in [2.75, 3.05) is 17.2 Å². The van der Waals surface area contributed by atoms with E-state index in [1.54, 1.807) is 4.90 Å². The predicted molar refractivity (Wildman–Crippen MR) is 124 cm³/mol. The third-order valence-electron chi connectivity index (χ3n) is 5.35. The third-order valence-corrected chi connectivity index (χ3v) is 6.39. The highest BCUT2D eigenvalue weighted by molar-refractivity contribution is 8.00. The number of aromatic nitrogens is 2. The molecule has 1 atom stereocenters. The van der Waals surface area contributed by atoms with Crippen LogP contribution in [0, 0.1) is 6.92 Å². The molecule has 0 radical (unpaired) electrons. The smallest absolute Gasteiger partial charge is 0.237 e. The number of para-hydroxylation sites is 1. The van der Waals surface area contributed by atoms with Crippen LogP contribution in [0.1, 0.15) is 37.1 Å². The van der Waals surface area contributed by atoms with Gasteiger partial charge in [-0.15, -0.1) is 0 Å². The Balaban J connectivity index is 1.41. The maximum atomic E-state index is 12.7. The van der Waals surface area contributed by atoms with Crippen LogP contribution in [0.4, 0.5) is 5.69 Å². The Morgan fingerprint density at radius 3 is 2.52 bits per heavy atom. The van der Waals surface area contributed by atoms with Crippen molar-refractivity contribution in [3.63, 3.8) is 0 Å². The topological polar surface area (TPSA) is 67.2 Å². The zero-order valence-corrected chi connectivity index (χ0v) is 18.6. The highest BCUT2D eigenvalue weighted by Crippen LogP contribution is 2.39. The molecular weight excluding hydrogens is 408 g/mol. The lowest BCUT2D eigenvalue weighted by atomic mass is 10.1. The van der Waals surface area contributed by atoms with Crippen LogP contribution in [0.25, 0.3) is 5.69 Å². The average molecular weight is 435 g/mol. The largest absolute Gasteiger partial charge is 0.350 e. The molecule has 1 aromatic heterocycles. The van der Waals surface area contributed by atoms with Crippen LogP contribution < -0.4 is 10.2 Å². The van der Waals surface area contributed by atoms with Crippen molar-refractivity contribution in [2.45, 2.75) is 37.8 Å². The van der Waals surface area contributed by atoms with Gasteiger partial charge in [-0.05, 0) is 38.0 Å². The third kappa shape index (κ3) is 4.66. The fourth-order valence-corrected chi connectivity index (χ4v) is 4.87. The minimum absolute atomic E-state index is 0.00730. The fraction of sp³-hybridized carbons (Fsp3) is 0.292. The lowest BCUT2D eigenvalue weighted by molar-refractivity contribution is -0.122. The van der Waals surface area contributed by atoms with E-state index in [0.29, 0.717) is 25.1 Å². The van der Waals surface area contributed by atoms with Gasteiger partial charge >= 0.3 is 0 Å². The number of nitrogens with zero attached hydrogens (tertiary/aromatic N) is 3. The minimum Gasteiger partial charge on any atom is -0.350 e. The number of hydrogen-bond donors (Lipinski definition) is 1. The monoisotopic (exact) mass is 434 g/mol. The molecule has 3 aromatic rings. The Hall–Kier alpha value is -3.06. The molecule has 4 rings (SSSR count). The van der Waals surface area contributed by atoms with E-state index >= 15 is 0 Å². The number of thioether (sulfide) groups is 1. The predicted octanol–water partition coefficient (Wildman–Crippen LogP) is 4.28. The number of carbonyl (C=O) groups excluding carboxylic acids is 2. The van der Waals surface area contributed by atoms with E-state index in [0.717, 1.165) is 27.7 Å². The number of rotatable bonds is 7. The van der Waals surface area contributed by atoms with Crippen molar-refractivity contribution in [1.82, 2.24) is 15.1 Å². The number of carbonyl (C=O) groups is 2. The van der Waals surface area contributed by atoms with Crippen molar-refractivity contribution in [3.05, 3.63) is 71.9 Å². The van der Waals surface area contributed by atoms with E-state index in [2.05, 4.69) is 10.4 Å². The van der Waals surface area contributed by atoms with Crippen molar-refractivity contribution in [1.29, 1.82) is 0 Å². The second-order valence-corrected chi connectivity index (χ2v) is 8.59. The summed E-state index contributed by atoms with van der Waals surface area (Å²) < 4.78 is 1.91. The normalized spacial score (nSPS) is 14.3. The van der Waals surface area contributed by atoms with Crippen LogP contribution in [-0.4, -0.2) is 33.9 Å². The summed E-state index contributed by atoms with van der Waals surface area (Å²) in [5, 5.41) is 8.70. The van der Waals surface area contributed by atoms with Gasteiger partial charge in [-0.25, -0.2) is 4.68 Å². The number of benzene rings is 2. The van der Waals surface area contributed by atoms with E-state index in [4.69, 9.17) is 0 Å². The van der Waals surface area contributed by atoms with Gasteiger partial charge in [0, 0.05) is 13.0 Å². The van der Waals surface area contributed by atoms with Crippen molar-refractivity contribution < 1.29 is 9.59 Å². The summed E-state index contributed by atoms with van der Waals surface area (Å²) in [5.74, 6) is 0.431. The molecule has 0 aliphatic carbocycles. The molecule has 0 saturated carbocycles. The molecule has 0 saturated heterocycles. The molecule has 7 heteroatoms. The highest BCUT2D eigenvalue weighted by Gasteiger charge is 2.31. The lowest BCUT2D eigenvalue weighted by Gasteiger charge is -2.27. The standard InChI is InChI=1S/C24H26N4O2S/c1-17(19-10-5-3-6-11-19)25-21(29)14-9-15-27-22(30)16-31-24-23(27)18(2)26-28(24)20-12-7-4-8-13-20/h3-8,10-13,17H,9,14-16H2,1-2H3,(H,25,29)/t17-/m1/s1. The van der Waals surface area contributed by atoms with Crippen LogP contribution in [0.2, 0.25) is 0 Å². The number of anilines is 1. The fourth-order valence-electron chi connectivity index (χ4n) is 3.79. The van der Waals surface area contributed by atoms with E-state index < -0.39 is 0 Å². The summed E-state index contributed by atoms with van der Waals surface area (Å²) >= 11 is 1.52. The van der Waals surface area contributed by atoms with E-state index in [1.165, 1.54) is 11.8 Å². The second-order valence-electron chi connectivity index (χ2n) is 7.62. The summed E-state index contributed by atoms with van der Waals surface area (Å²) in [5.41, 5.74) is 3.74. The summed E-state index contributed by atoms with van der Waals surface area (Å²) in [6, 6.07) is 19.8. The Bertz CT molecular complexity index is 1070. The van der Waals surface area contributed by atoms with Gasteiger partial charge < -0.3 is 10.2 Å². The zero-order chi connectivity index (χ0) is 21.8. The summed E-state index contributed by atoms with van der Waals surface area (Å²) in [6.07, 6.45) is 0.967. The average Bonchev–Trinajstić information content (AvgIpc) is 3.13. The van der Waals surface area contributed by atoms with Crippen molar-refractivity contribution >= 4 is 29.3 Å². The van der Waals surface area contributed by atoms with Gasteiger partial charge in [-0.2, -0.15) is 5.10 Å². The number of fused-ring (bicyclic) bond motifs is 1. The first-order valence-corrected chi connectivity index (χ1v) is 11.5. The van der Waals surface area contributed by atoms with Gasteiger partial charge in [0.1, 0.15) is 5.03 Å². The molecule has 0 fully saturated rings. The van der Waals surface area contributed by atoms with Gasteiger partial charge in [0.2, 0.25) is 11.8 Å². The highest BCUT2D eigenvalue weighted by atomic mass is 32.2. The van der Waals surface area contributed by atoms with Crippen LogP contribution in [0.3, 0.4) is 0 Å². The molecule has 1 N–H and O–H groups in total. The molecular formula is C24H26N4O2S. The molecule has 0 bridgehead atoms. The summed E-state index contributed by atoms with van der Waals surface area (Å²) in [7, 11) is 0. The molecule has 0 unspecified atom stereocenters. The summed E-state index contributed by atoms with van der Waals surface area (Å²) in [6.45, 7) is 4.41. The van der Waals surface area contributed by atoms with Crippen LogP contribution in [-0.2, 0) is 9.59 Å². The van der Waals surface area contributed by atoms with Crippen molar-refractivity contribution in [2.24, 2.45) is 0 Å². The van der Waals surface area contributed by atoms with Crippen LogP contribution in [0.15, 0.2) is 65.7 Å². The van der Waals surface area contributed by atoms with Crippen molar-refractivity contribution in [3.8, 4) is 5.69 Å². The lowest BCUT2D eigenvalue weighted by Crippen LogP contribution is -2.37. The Morgan fingerprint density at radius 1 is 1.13 bits per heavy atom. The van der Waals surface area contributed by atoms with Gasteiger partial charge in [0.25, 0.3) is 0 Å². The van der Waals surface area contributed by atoms with Gasteiger partial charge in [0.05, 0.1) is 28.9 Å². The molecule has 6 nitrogen and oxygen atoms in total. The first-order valence-electron chi connectivity index (χ1n) is 10.5. The number of nitrogens with one attached hydrogen (secondary N) is 1. The minimum atomic E-state index is -0.0420. The number of aryl methyl sites for hydroxylation is 1. The zero-order valence-electron chi connectivity index (χ0n) is 17.7. The molecule has 1 aliphatic heterocycles. The molecule has 2 heterocycles. The number of amides is 2. The molecule has 2 aromatic carbocycles. The van der Waals surface area contributed by atoms with Gasteiger partial charge in [-0.3, -0.25) is 9.59 Å². The van der Waals surface area contributed by atoms with E-state index in [-0.39, 0.29) is 17.9 Å². The van der Waals surface area contributed by atoms with E-state index in [1.807, 2.05) is 79.2 Å². The molecule has 0 spiro atoms. The Morgan fingerprint density at radius 2 is 1.81 bits per heavy atom. The molecule has 31 heavy (non-hydrogen) atoms. The second kappa shape index (κ2) is 9.39. The molecule has 1 aliphatic rings. The van der Waals surface area contributed by atoms with Gasteiger partial charge in [0.15, 0.2) is 0 Å². The summed E-state index contributed by atoms with van der Waals surface area (Å²) in [4.78, 5) is 26.9. The maximum absolute atomic E-state index is 12.7.